The molecule has 12 heteroatoms. The van der Waals surface area contributed by atoms with E-state index in [4.69, 9.17) is 10.5 Å². The van der Waals surface area contributed by atoms with Gasteiger partial charge in [-0.1, -0.05) is 106 Å². The third-order valence-corrected chi connectivity index (χ3v) is 11.3. The summed E-state index contributed by atoms with van der Waals surface area (Å²) >= 11 is 0. The molecule has 2 aromatic rings. The smallest absolute Gasteiger partial charge is 0.243 e. The van der Waals surface area contributed by atoms with Crippen LogP contribution in [0.25, 0.3) is 10.4 Å². The number of carbonyl (C=O) groups is 4. The number of nitrogens with zero attached hydrogens (tertiary/aromatic N) is 3. The van der Waals surface area contributed by atoms with Crippen molar-refractivity contribution >= 4 is 23.5 Å². The van der Waals surface area contributed by atoms with E-state index in [0.29, 0.717) is 31.4 Å². The van der Waals surface area contributed by atoms with Crippen molar-refractivity contribution in [2.75, 3.05) is 6.61 Å². The molecule has 5 N–H and O–H groups in total. The number of benzene rings is 2. The predicted molar refractivity (Wildman–Crippen MR) is 199 cm³/mol. The molecule has 5 rings (SSSR count). The summed E-state index contributed by atoms with van der Waals surface area (Å²) in [6.07, 6.45) is 9.16. The Balaban J connectivity index is 1.31. The van der Waals surface area contributed by atoms with Crippen molar-refractivity contribution in [3.63, 3.8) is 0 Å². The Morgan fingerprint density at radius 1 is 0.846 bits per heavy atom. The van der Waals surface area contributed by atoms with Crippen molar-refractivity contribution in [1.82, 2.24) is 16.0 Å². The van der Waals surface area contributed by atoms with Crippen LogP contribution in [0.2, 0.25) is 0 Å². The molecule has 1 saturated heterocycles. The largest absolute Gasteiger partial charge is 0.361 e. The third-order valence-electron chi connectivity index (χ3n) is 11.3. The summed E-state index contributed by atoms with van der Waals surface area (Å²) in [4.78, 5) is 58.4. The molecule has 2 aromatic carbocycles. The quantitative estimate of drug-likeness (QED) is 0.0765. The van der Waals surface area contributed by atoms with E-state index in [1.165, 1.54) is 25.7 Å². The second-order valence-corrected chi connectivity index (χ2v) is 15.6. The van der Waals surface area contributed by atoms with E-state index in [9.17, 15) is 24.7 Å². The molecule has 0 aromatic heterocycles. The van der Waals surface area contributed by atoms with Gasteiger partial charge in [0, 0.05) is 17.9 Å². The second kappa shape index (κ2) is 18.0. The van der Waals surface area contributed by atoms with Crippen LogP contribution in [0, 0.1) is 23.7 Å². The standard InChI is InChI=1S/C40H55N7O5/c1-25(2)35(39(51)43-32(36(48)40(3)24-52-40)22-29-17-18-30-11-7-8-12-31(30)19-29)45-37(49)33(20-27-13-15-28(23-41)16-14-27)44-38(50)34(46-47-42)21-26-9-5-4-6-10-26/h4-6,9-10,13-16,25,29-35H,7-8,11-12,17-24,41H2,1-3H3,(H,43,51)(H,44,50)(H,45,49)/t29?,30?,31?,32-,33-,34?,35-,40+/m0/s1. The Morgan fingerprint density at radius 3 is 2.12 bits per heavy atom. The molecule has 8 atom stereocenters. The van der Waals surface area contributed by atoms with Crippen LogP contribution in [-0.4, -0.2) is 59.9 Å². The van der Waals surface area contributed by atoms with E-state index in [-0.39, 0.29) is 24.5 Å². The summed E-state index contributed by atoms with van der Waals surface area (Å²) in [5, 5.41) is 12.5. The van der Waals surface area contributed by atoms with Crippen LogP contribution in [0.1, 0.15) is 88.8 Å². The zero-order chi connectivity index (χ0) is 37.3. The van der Waals surface area contributed by atoms with E-state index in [1.54, 1.807) is 6.92 Å². The lowest BCUT2D eigenvalue weighted by Crippen LogP contribution is -2.59. The maximum absolute atomic E-state index is 14.1. The fourth-order valence-corrected chi connectivity index (χ4v) is 8.03. The minimum Gasteiger partial charge on any atom is -0.361 e. The average molecular weight is 714 g/mol. The molecule has 1 heterocycles. The Labute approximate surface area is 307 Å². The number of Topliss-reactive ketones (excluding diaryl/α,β-unsaturated/α-hetero) is 1. The monoisotopic (exact) mass is 713 g/mol. The number of epoxide rings is 1. The number of nitrogens with two attached hydrogens (primary N) is 1. The number of carbonyl (C=O) groups excluding carboxylic acids is 4. The summed E-state index contributed by atoms with van der Waals surface area (Å²) in [7, 11) is 0. The molecule has 0 bridgehead atoms. The van der Waals surface area contributed by atoms with E-state index < -0.39 is 47.5 Å². The third kappa shape index (κ3) is 10.4. The first-order valence-electron chi connectivity index (χ1n) is 18.9. The normalized spacial score (nSPS) is 24.6. The molecule has 4 unspecified atom stereocenters. The van der Waals surface area contributed by atoms with Crippen LogP contribution < -0.4 is 21.7 Å². The highest BCUT2D eigenvalue weighted by atomic mass is 16.6. The van der Waals surface area contributed by atoms with Gasteiger partial charge in [0.2, 0.25) is 17.7 Å². The zero-order valence-corrected chi connectivity index (χ0v) is 30.8. The van der Waals surface area contributed by atoms with Crippen molar-refractivity contribution in [1.29, 1.82) is 0 Å². The van der Waals surface area contributed by atoms with Gasteiger partial charge in [-0.05, 0) is 78.5 Å². The van der Waals surface area contributed by atoms with E-state index >= 15 is 0 Å². The summed E-state index contributed by atoms with van der Waals surface area (Å²) in [5.41, 5.74) is 16.6. The number of ketones is 1. The van der Waals surface area contributed by atoms with Gasteiger partial charge in [0.05, 0.1) is 12.6 Å². The molecular weight excluding hydrogens is 658 g/mol. The lowest BCUT2D eigenvalue weighted by molar-refractivity contribution is -0.135. The lowest BCUT2D eigenvalue weighted by atomic mass is 9.66. The highest BCUT2D eigenvalue weighted by Gasteiger charge is 2.51. The summed E-state index contributed by atoms with van der Waals surface area (Å²) in [6.45, 7) is 6.10. The first-order valence-corrected chi connectivity index (χ1v) is 18.9. The van der Waals surface area contributed by atoms with Gasteiger partial charge in [0.25, 0.3) is 0 Å². The second-order valence-electron chi connectivity index (χ2n) is 15.6. The van der Waals surface area contributed by atoms with Crippen molar-refractivity contribution in [2.24, 2.45) is 34.5 Å². The van der Waals surface area contributed by atoms with Crippen LogP contribution in [0.4, 0.5) is 0 Å². The molecule has 3 aliphatic rings. The molecular formula is C40H55N7O5. The molecule has 0 spiro atoms. The Bertz CT molecular complexity index is 1590. The summed E-state index contributed by atoms with van der Waals surface area (Å²) in [5.74, 6) is -0.320. The number of rotatable bonds is 17. The number of ether oxygens (including phenoxy) is 1. The molecule has 12 nitrogen and oxygen atoms in total. The van der Waals surface area contributed by atoms with Crippen LogP contribution in [-0.2, 0) is 43.3 Å². The summed E-state index contributed by atoms with van der Waals surface area (Å²) < 4.78 is 5.53. The van der Waals surface area contributed by atoms with Gasteiger partial charge >= 0.3 is 0 Å². The van der Waals surface area contributed by atoms with Gasteiger partial charge in [-0.25, -0.2) is 0 Å². The maximum atomic E-state index is 14.1. The number of fused-ring (bicyclic) bond motifs is 1. The fourth-order valence-electron chi connectivity index (χ4n) is 8.03. The fraction of sp³-hybridized carbons (Fsp3) is 0.600. The van der Waals surface area contributed by atoms with Gasteiger partial charge in [0.1, 0.15) is 23.7 Å². The topological polar surface area (TPSA) is 192 Å². The van der Waals surface area contributed by atoms with Crippen molar-refractivity contribution in [3.05, 3.63) is 81.7 Å². The average Bonchev–Trinajstić information content (AvgIpc) is 3.91. The number of amides is 3. The molecule has 1 aliphatic heterocycles. The highest BCUT2D eigenvalue weighted by Crippen LogP contribution is 2.44. The molecule has 2 aliphatic carbocycles. The van der Waals surface area contributed by atoms with Crippen LogP contribution in [0.5, 0.6) is 0 Å². The van der Waals surface area contributed by atoms with Crippen molar-refractivity contribution < 1.29 is 23.9 Å². The lowest BCUT2D eigenvalue weighted by Gasteiger charge is -2.40. The van der Waals surface area contributed by atoms with E-state index in [0.717, 1.165) is 41.9 Å². The van der Waals surface area contributed by atoms with Gasteiger partial charge in [-0.2, -0.15) is 0 Å². The zero-order valence-electron chi connectivity index (χ0n) is 30.8. The van der Waals surface area contributed by atoms with Crippen molar-refractivity contribution in [3.8, 4) is 0 Å². The Morgan fingerprint density at radius 2 is 1.48 bits per heavy atom. The highest BCUT2D eigenvalue weighted by molar-refractivity contribution is 5.98. The maximum Gasteiger partial charge on any atom is 0.243 e. The molecule has 0 radical (unpaired) electrons. The predicted octanol–water partition coefficient (Wildman–Crippen LogP) is 5.07. The molecule has 3 fully saturated rings. The minimum atomic E-state index is -1.10. The van der Waals surface area contributed by atoms with E-state index in [1.807, 2.05) is 68.4 Å². The van der Waals surface area contributed by atoms with E-state index in [2.05, 4.69) is 26.0 Å². The molecule has 3 amide bonds. The van der Waals surface area contributed by atoms with Crippen LogP contribution in [0.15, 0.2) is 59.7 Å². The summed E-state index contributed by atoms with van der Waals surface area (Å²) in [6, 6.07) is 12.6. The van der Waals surface area contributed by atoms with Crippen LogP contribution >= 0.6 is 0 Å². The number of hydrogen-bond donors (Lipinski definition) is 4. The molecule has 2 saturated carbocycles. The number of hydrogen-bond acceptors (Lipinski definition) is 7. The molecule has 280 valence electrons. The first-order chi connectivity index (χ1) is 25.0. The van der Waals surface area contributed by atoms with Crippen LogP contribution in [0.3, 0.4) is 0 Å². The van der Waals surface area contributed by atoms with Gasteiger partial charge < -0.3 is 26.4 Å². The van der Waals surface area contributed by atoms with Gasteiger partial charge in [0.15, 0.2) is 5.78 Å². The SMILES string of the molecule is CC(C)[C@H](NC(=O)[C@H](Cc1ccc(CN)cc1)NC(=O)C(Cc1ccccc1)N=[N+]=[N-])C(=O)N[C@@H](CC1CCC2CCCCC2C1)C(=O)[C@@]1(C)CO1. The Hall–Kier alpha value is -4.25. The van der Waals surface area contributed by atoms with Gasteiger partial charge in [-0.15, -0.1) is 0 Å². The van der Waals surface area contributed by atoms with Crippen molar-refractivity contribution in [2.45, 2.75) is 121 Å². The number of nitrogens with one attached hydrogen (secondary N) is 3. The van der Waals surface area contributed by atoms with Gasteiger partial charge in [-0.3, -0.25) is 19.2 Å². The minimum absolute atomic E-state index is 0.115. The Kier molecular flexibility index (Phi) is 13.5. The number of azide groups is 1. The first kappa shape index (κ1) is 39.0. The molecule has 52 heavy (non-hydrogen) atoms.